The van der Waals surface area contributed by atoms with E-state index in [1.807, 2.05) is 51.1 Å². The first kappa shape index (κ1) is 38.5. The van der Waals surface area contributed by atoms with Crippen LogP contribution in [-0.4, -0.2) is 43.5 Å². The molecule has 0 saturated carbocycles. The number of hydrogen-bond donors (Lipinski definition) is 2. The van der Waals surface area contributed by atoms with E-state index in [0.717, 1.165) is 17.0 Å². The second kappa shape index (κ2) is 16.6. The van der Waals surface area contributed by atoms with Crippen molar-refractivity contribution in [3.63, 3.8) is 0 Å². The summed E-state index contributed by atoms with van der Waals surface area (Å²) in [6, 6.07) is 19.1. The Hall–Kier alpha value is -4.29. The number of ether oxygens (including phenoxy) is 2. The lowest BCUT2D eigenvalue weighted by Crippen LogP contribution is -2.47. The topological polar surface area (TPSA) is 125 Å². The van der Waals surface area contributed by atoms with E-state index < -0.39 is 45.3 Å². The lowest BCUT2D eigenvalue weighted by Gasteiger charge is -2.40. The van der Waals surface area contributed by atoms with Crippen LogP contribution in [0.2, 0.25) is 15.1 Å². The number of carbonyl (C=O) groups is 1. The monoisotopic (exact) mass is 745 g/mol. The number of methoxy groups -OCH3 is 1. The fourth-order valence-corrected chi connectivity index (χ4v) is 5.40. The number of nitrogen functional groups attached to an aromatic ring is 1. The van der Waals surface area contributed by atoms with E-state index >= 15 is 0 Å². The van der Waals surface area contributed by atoms with Gasteiger partial charge in [-0.3, -0.25) is 4.68 Å². The van der Waals surface area contributed by atoms with Crippen LogP contribution in [0.4, 0.5) is 14.5 Å². The molecular weight excluding hydrogens is 711 g/mol. The minimum atomic E-state index is -1.09. The Balaban J connectivity index is 0.000000237. The highest BCUT2D eigenvalue weighted by molar-refractivity contribution is 6.36. The number of halogens is 5. The normalized spacial score (nSPS) is 12.4. The summed E-state index contributed by atoms with van der Waals surface area (Å²) >= 11 is 17.8. The zero-order chi connectivity index (χ0) is 36.6. The van der Waals surface area contributed by atoms with Crippen LogP contribution < -0.4 is 10.5 Å². The second-order valence-electron chi connectivity index (χ2n) is 12.4. The number of rotatable bonds is 10. The lowest BCUT2D eigenvalue weighted by molar-refractivity contribution is -0.0796. The standard InChI is InChI=1S/C20H14Cl2F2N2O3.C16H22ClN3O/c1-28-19-12(21)8-7-11(14(19)23)17-15(24)16(25)13(22)18(26-17)20(27)29-9-10-5-3-2-4-6-10;1-15(2,3)16(21,10-20-12-18-11-19-20)9-8-13-4-6-14(17)7-5-13/h2-8H,9H2,1H3,(H2,25,26);4-7,11-12,21H,8-10H2,1-3H3. The number of aromatic nitrogens is 4. The molecule has 5 aromatic rings. The van der Waals surface area contributed by atoms with Gasteiger partial charge in [-0.25, -0.2) is 23.5 Å². The van der Waals surface area contributed by atoms with Gasteiger partial charge in [0.15, 0.2) is 23.1 Å². The van der Waals surface area contributed by atoms with Crippen molar-refractivity contribution >= 4 is 46.5 Å². The Morgan fingerprint density at radius 1 is 0.960 bits per heavy atom. The maximum atomic E-state index is 14.7. The lowest BCUT2D eigenvalue weighted by atomic mass is 9.73. The molecule has 0 aliphatic heterocycles. The molecule has 2 heterocycles. The molecule has 0 bridgehead atoms. The third-order valence-corrected chi connectivity index (χ3v) is 8.99. The third-order valence-electron chi connectivity index (χ3n) is 8.05. The van der Waals surface area contributed by atoms with Gasteiger partial charge in [0.05, 0.1) is 35.0 Å². The number of hydrogen-bond acceptors (Lipinski definition) is 8. The molecule has 1 unspecified atom stereocenters. The number of nitrogens with zero attached hydrogens (tertiary/aromatic N) is 4. The van der Waals surface area contributed by atoms with Gasteiger partial charge in [0.2, 0.25) is 0 Å². The minimum absolute atomic E-state index is 0.0152. The number of esters is 1. The summed E-state index contributed by atoms with van der Waals surface area (Å²) in [5, 5.41) is 15.5. The van der Waals surface area contributed by atoms with Gasteiger partial charge in [0.25, 0.3) is 0 Å². The van der Waals surface area contributed by atoms with Crippen LogP contribution in [0.3, 0.4) is 0 Å². The molecule has 264 valence electrons. The fraction of sp³-hybridized carbons (Fsp3) is 0.278. The van der Waals surface area contributed by atoms with E-state index in [1.165, 1.54) is 31.1 Å². The summed E-state index contributed by atoms with van der Waals surface area (Å²) in [5.74, 6) is -3.28. The predicted octanol–water partition coefficient (Wildman–Crippen LogP) is 8.62. The van der Waals surface area contributed by atoms with Crippen LogP contribution in [0, 0.1) is 17.0 Å². The molecule has 50 heavy (non-hydrogen) atoms. The van der Waals surface area contributed by atoms with Gasteiger partial charge in [0.1, 0.15) is 25.0 Å². The highest BCUT2D eigenvalue weighted by atomic mass is 35.5. The molecule has 0 aliphatic rings. The average Bonchev–Trinajstić information content (AvgIpc) is 3.60. The number of pyridine rings is 1. The quantitative estimate of drug-likeness (QED) is 0.136. The molecule has 0 amide bonds. The van der Waals surface area contributed by atoms with Gasteiger partial charge in [-0.1, -0.05) is 98.0 Å². The smallest absolute Gasteiger partial charge is 0.358 e. The van der Waals surface area contributed by atoms with Gasteiger partial charge in [-0.2, -0.15) is 5.10 Å². The van der Waals surface area contributed by atoms with E-state index in [2.05, 4.69) is 15.1 Å². The molecule has 0 saturated heterocycles. The largest absolute Gasteiger partial charge is 0.492 e. The fourth-order valence-electron chi connectivity index (χ4n) is 4.84. The van der Waals surface area contributed by atoms with Crippen molar-refractivity contribution in [3.8, 4) is 17.0 Å². The van der Waals surface area contributed by atoms with Crippen molar-refractivity contribution in [2.75, 3.05) is 12.8 Å². The molecule has 3 aromatic carbocycles. The number of aliphatic hydroxyl groups is 1. The molecule has 14 heteroatoms. The predicted molar refractivity (Wildman–Crippen MR) is 190 cm³/mol. The molecule has 9 nitrogen and oxygen atoms in total. The Morgan fingerprint density at radius 2 is 1.64 bits per heavy atom. The summed E-state index contributed by atoms with van der Waals surface area (Å²) in [4.78, 5) is 20.3. The van der Waals surface area contributed by atoms with Crippen LogP contribution in [0.25, 0.3) is 11.3 Å². The molecule has 5 rings (SSSR count). The number of anilines is 1. The van der Waals surface area contributed by atoms with Crippen molar-refractivity contribution in [3.05, 3.63) is 123 Å². The van der Waals surface area contributed by atoms with Crippen molar-refractivity contribution in [1.29, 1.82) is 0 Å². The van der Waals surface area contributed by atoms with E-state index in [1.54, 1.807) is 35.3 Å². The van der Waals surface area contributed by atoms with E-state index in [0.29, 0.717) is 13.0 Å². The summed E-state index contributed by atoms with van der Waals surface area (Å²) < 4.78 is 41.2. The number of carbonyl (C=O) groups excluding carboxylic acids is 1. The van der Waals surface area contributed by atoms with Gasteiger partial charge < -0.3 is 20.3 Å². The van der Waals surface area contributed by atoms with Gasteiger partial charge >= 0.3 is 5.97 Å². The molecule has 0 radical (unpaired) electrons. The average molecular weight is 747 g/mol. The molecule has 1 atom stereocenters. The van der Waals surface area contributed by atoms with Crippen LogP contribution in [0.5, 0.6) is 5.75 Å². The highest BCUT2D eigenvalue weighted by Gasteiger charge is 2.40. The Labute approximate surface area is 303 Å². The van der Waals surface area contributed by atoms with Crippen LogP contribution >= 0.6 is 34.8 Å². The molecule has 0 aliphatic carbocycles. The Morgan fingerprint density at radius 3 is 2.24 bits per heavy atom. The second-order valence-corrected chi connectivity index (χ2v) is 13.6. The van der Waals surface area contributed by atoms with Gasteiger partial charge in [-0.15, -0.1) is 0 Å². The highest BCUT2D eigenvalue weighted by Crippen LogP contribution is 2.39. The Bertz CT molecular complexity index is 1910. The number of benzene rings is 3. The van der Waals surface area contributed by atoms with E-state index in [9.17, 15) is 18.7 Å². The van der Waals surface area contributed by atoms with Gasteiger partial charge in [-0.05, 0) is 53.6 Å². The summed E-state index contributed by atoms with van der Waals surface area (Å²) in [6.45, 7) is 6.51. The molecule has 0 spiro atoms. The Kier molecular flexibility index (Phi) is 12.8. The zero-order valence-electron chi connectivity index (χ0n) is 27.8. The summed E-state index contributed by atoms with van der Waals surface area (Å²) in [5.41, 5.74) is 4.63. The maximum absolute atomic E-state index is 14.7. The molecule has 0 fully saturated rings. The van der Waals surface area contributed by atoms with Gasteiger partial charge in [0, 0.05) is 10.6 Å². The molecule has 2 aromatic heterocycles. The minimum Gasteiger partial charge on any atom is -0.492 e. The molecule has 3 N–H and O–H groups in total. The first-order chi connectivity index (χ1) is 23.6. The summed E-state index contributed by atoms with van der Waals surface area (Å²) in [6.07, 6.45) is 4.57. The maximum Gasteiger partial charge on any atom is 0.358 e. The van der Waals surface area contributed by atoms with E-state index in [-0.39, 0.29) is 28.4 Å². The first-order valence-electron chi connectivity index (χ1n) is 15.3. The first-order valence-corrected chi connectivity index (χ1v) is 16.5. The summed E-state index contributed by atoms with van der Waals surface area (Å²) in [7, 11) is 1.21. The number of nitrogens with two attached hydrogens (primary N) is 1. The SMILES string of the molecule is CC(C)(C)C(O)(CCc1ccc(Cl)cc1)Cn1cncn1.COc1c(Cl)ccc(-c2nc(C(=O)OCc3ccccc3)c(Cl)c(N)c2F)c1F. The van der Waals surface area contributed by atoms with Crippen molar-refractivity contribution < 1.29 is 28.2 Å². The number of aryl methyl sites for hydroxylation is 1. The van der Waals surface area contributed by atoms with Crippen molar-refractivity contribution in [2.24, 2.45) is 5.41 Å². The zero-order valence-corrected chi connectivity index (χ0v) is 30.0. The third kappa shape index (κ3) is 9.28. The van der Waals surface area contributed by atoms with Crippen LogP contribution in [0.15, 0.2) is 79.4 Å². The van der Waals surface area contributed by atoms with Crippen molar-refractivity contribution in [1.82, 2.24) is 19.7 Å². The van der Waals surface area contributed by atoms with Crippen molar-refractivity contribution in [2.45, 2.75) is 52.4 Å². The van der Waals surface area contributed by atoms with Crippen LogP contribution in [0.1, 0.15) is 48.8 Å². The van der Waals surface area contributed by atoms with Crippen LogP contribution in [-0.2, 0) is 24.3 Å². The van der Waals surface area contributed by atoms with E-state index in [4.69, 9.17) is 50.0 Å². The molecular formula is C36H36Cl3F2N5O4.